The molecule has 1 aromatic heterocycles. The van der Waals surface area contributed by atoms with E-state index in [2.05, 4.69) is 40.0 Å². The lowest BCUT2D eigenvalue weighted by molar-refractivity contribution is 0.567. The van der Waals surface area contributed by atoms with Crippen molar-refractivity contribution in [3.8, 4) is 0 Å². The average Bonchev–Trinajstić information content (AvgIpc) is 2.47. The molecule has 1 aliphatic rings. The van der Waals surface area contributed by atoms with E-state index in [0.29, 0.717) is 0 Å². The Balaban J connectivity index is 2.26. The van der Waals surface area contributed by atoms with Crippen LogP contribution in [0.5, 0.6) is 0 Å². The smallest absolute Gasteiger partial charge is 0.227 e. The minimum atomic E-state index is 0.887. The topological polar surface area (TPSA) is 41.1 Å². The normalized spacial score (nSPS) is 15.6. The fourth-order valence-electron chi connectivity index (χ4n) is 2.31. The van der Waals surface area contributed by atoms with Crippen molar-refractivity contribution in [3.63, 3.8) is 0 Å². The molecule has 0 aliphatic carbocycles. The molecule has 1 aromatic rings. The van der Waals surface area contributed by atoms with Crippen LogP contribution in [0.4, 0.5) is 11.8 Å². The standard InChI is InChI=1S/C14H23BrN4/c1-3-8-16-13-12(15)11(4-2)17-14(18-13)19-9-6-5-7-10-19/h3-10H2,1-2H3,(H,16,17,18). The van der Waals surface area contributed by atoms with Crippen LogP contribution in [0.25, 0.3) is 0 Å². The maximum absolute atomic E-state index is 4.71. The highest BCUT2D eigenvalue weighted by Crippen LogP contribution is 2.27. The molecule has 0 spiro atoms. The van der Waals surface area contributed by atoms with Crippen molar-refractivity contribution < 1.29 is 0 Å². The fraction of sp³-hybridized carbons (Fsp3) is 0.714. The van der Waals surface area contributed by atoms with Gasteiger partial charge in [0.15, 0.2) is 0 Å². The second-order valence-corrected chi connectivity index (χ2v) is 5.75. The number of aromatic nitrogens is 2. The van der Waals surface area contributed by atoms with Crippen molar-refractivity contribution in [2.75, 3.05) is 29.9 Å². The zero-order chi connectivity index (χ0) is 13.7. The maximum Gasteiger partial charge on any atom is 0.227 e. The van der Waals surface area contributed by atoms with Crippen LogP contribution in [0, 0.1) is 0 Å². The molecule has 0 bridgehead atoms. The number of anilines is 2. The summed E-state index contributed by atoms with van der Waals surface area (Å²) < 4.78 is 1.02. The summed E-state index contributed by atoms with van der Waals surface area (Å²) in [6.45, 7) is 7.40. The molecule has 0 aromatic carbocycles. The van der Waals surface area contributed by atoms with E-state index < -0.39 is 0 Å². The molecule has 2 heterocycles. The Kier molecular flexibility index (Phi) is 5.43. The first kappa shape index (κ1) is 14.6. The van der Waals surface area contributed by atoms with Gasteiger partial charge in [0.1, 0.15) is 5.82 Å². The fourth-order valence-corrected chi connectivity index (χ4v) is 2.91. The minimum Gasteiger partial charge on any atom is -0.369 e. The predicted molar refractivity (Wildman–Crippen MR) is 84.0 cm³/mol. The average molecular weight is 327 g/mol. The van der Waals surface area contributed by atoms with E-state index in [1.807, 2.05) is 0 Å². The van der Waals surface area contributed by atoms with Gasteiger partial charge in [-0.25, -0.2) is 4.98 Å². The Morgan fingerprint density at radius 1 is 1.16 bits per heavy atom. The largest absolute Gasteiger partial charge is 0.369 e. The molecular formula is C14H23BrN4. The summed E-state index contributed by atoms with van der Waals surface area (Å²) in [4.78, 5) is 11.7. The summed E-state index contributed by atoms with van der Waals surface area (Å²) in [5.74, 6) is 1.83. The van der Waals surface area contributed by atoms with Gasteiger partial charge >= 0.3 is 0 Å². The van der Waals surface area contributed by atoms with E-state index in [-0.39, 0.29) is 0 Å². The van der Waals surface area contributed by atoms with Gasteiger partial charge in [0.05, 0.1) is 10.2 Å². The number of nitrogens with zero attached hydrogens (tertiary/aromatic N) is 3. The second-order valence-electron chi connectivity index (χ2n) is 4.96. The molecule has 0 radical (unpaired) electrons. The van der Waals surface area contributed by atoms with Crippen LogP contribution >= 0.6 is 15.9 Å². The van der Waals surface area contributed by atoms with Crippen LogP contribution < -0.4 is 10.2 Å². The molecule has 0 saturated carbocycles. The Hall–Kier alpha value is -0.840. The number of rotatable bonds is 5. The molecule has 5 heteroatoms. The molecule has 1 N–H and O–H groups in total. The Labute approximate surface area is 124 Å². The predicted octanol–water partition coefficient (Wildman–Crippen LogP) is 3.61. The number of piperidine rings is 1. The summed E-state index contributed by atoms with van der Waals surface area (Å²) in [6, 6.07) is 0. The third-order valence-electron chi connectivity index (χ3n) is 3.42. The lowest BCUT2D eigenvalue weighted by atomic mass is 10.1. The second kappa shape index (κ2) is 7.08. The number of halogens is 1. The van der Waals surface area contributed by atoms with Crippen molar-refractivity contribution in [3.05, 3.63) is 10.2 Å². The van der Waals surface area contributed by atoms with Crippen LogP contribution in [-0.2, 0) is 6.42 Å². The van der Waals surface area contributed by atoms with Crippen LogP contribution in [0.3, 0.4) is 0 Å². The van der Waals surface area contributed by atoms with Crippen molar-refractivity contribution >= 4 is 27.7 Å². The molecule has 1 aliphatic heterocycles. The SMILES string of the molecule is CCCNc1nc(N2CCCCC2)nc(CC)c1Br. The monoisotopic (exact) mass is 326 g/mol. The molecule has 0 unspecified atom stereocenters. The van der Waals surface area contributed by atoms with Gasteiger partial charge < -0.3 is 10.2 Å². The first-order chi connectivity index (χ1) is 9.26. The van der Waals surface area contributed by atoms with Crippen molar-refractivity contribution in [1.82, 2.24) is 9.97 Å². The van der Waals surface area contributed by atoms with Crippen molar-refractivity contribution in [2.45, 2.75) is 46.0 Å². The summed E-state index contributed by atoms with van der Waals surface area (Å²) in [5.41, 5.74) is 1.09. The van der Waals surface area contributed by atoms with E-state index in [1.165, 1.54) is 19.3 Å². The number of aryl methyl sites for hydroxylation is 1. The van der Waals surface area contributed by atoms with Crippen molar-refractivity contribution in [2.24, 2.45) is 0 Å². The third kappa shape index (κ3) is 3.59. The number of nitrogens with one attached hydrogen (secondary N) is 1. The van der Waals surface area contributed by atoms with Crippen LogP contribution in [0.2, 0.25) is 0 Å². The van der Waals surface area contributed by atoms with Gasteiger partial charge in [0.25, 0.3) is 0 Å². The van der Waals surface area contributed by atoms with Crippen LogP contribution in [0.1, 0.15) is 45.2 Å². The van der Waals surface area contributed by atoms with Crippen LogP contribution in [-0.4, -0.2) is 29.6 Å². The Morgan fingerprint density at radius 3 is 2.53 bits per heavy atom. The van der Waals surface area contributed by atoms with E-state index in [0.717, 1.165) is 54.4 Å². The zero-order valence-corrected chi connectivity index (χ0v) is 13.5. The summed E-state index contributed by atoms with van der Waals surface area (Å²) in [6.07, 6.45) is 5.84. The first-order valence-electron chi connectivity index (χ1n) is 7.31. The van der Waals surface area contributed by atoms with Gasteiger partial charge in [-0.2, -0.15) is 4.98 Å². The van der Waals surface area contributed by atoms with Gasteiger partial charge in [0.2, 0.25) is 5.95 Å². The van der Waals surface area contributed by atoms with Gasteiger partial charge in [-0.05, 0) is 48.0 Å². The van der Waals surface area contributed by atoms with Gasteiger partial charge in [-0.1, -0.05) is 13.8 Å². The maximum atomic E-state index is 4.71. The Bertz CT molecular complexity index is 416. The molecular weight excluding hydrogens is 304 g/mol. The lowest BCUT2D eigenvalue weighted by Crippen LogP contribution is -2.31. The summed E-state index contributed by atoms with van der Waals surface area (Å²) in [5, 5.41) is 3.39. The van der Waals surface area contributed by atoms with E-state index in [9.17, 15) is 0 Å². The lowest BCUT2D eigenvalue weighted by Gasteiger charge is -2.27. The molecule has 19 heavy (non-hydrogen) atoms. The molecule has 2 rings (SSSR count). The molecule has 4 nitrogen and oxygen atoms in total. The minimum absolute atomic E-state index is 0.887. The summed E-state index contributed by atoms with van der Waals surface area (Å²) in [7, 11) is 0. The first-order valence-corrected chi connectivity index (χ1v) is 8.10. The third-order valence-corrected chi connectivity index (χ3v) is 4.26. The molecule has 0 amide bonds. The van der Waals surface area contributed by atoms with Gasteiger partial charge in [-0.15, -0.1) is 0 Å². The Morgan fingerprint density at radius 2 is 1.89 bits per heavy atom. The van der Waals surface area contributed by atoms with Crippen molar-refractivity contribution in [1.29, 1.82) is 0 Å². The van der Waals surface area contributed by atoms with E-state index in [4.69, 9.17) is 9.97 Å². The highest BCUT2D eigenvalue weighted by Gasteiger charge is 2.17. The van der Waals surface area contributed by atoms with Gasteiger partial charge in [-0.3, -0.25) is 0 Å². The highest BCUT2D eigenvalue weighted by molar-refractivity contribution is 9.10. The number of hydrogen-bond acceptors (Lipinski definition) is 4. The molecule has 1 saturated heterocycles. The molecule has 106 valence electrons. The van der Waals surface area contributed by atoms with Crippen LogP contribution in [0.15, 0.2) is 4.47 Å². The zero-order valence-electron chi connectivity index (χ0n) is 11.9. The van der Waals surface area contributed by atoms with Gasteiger partial charge in [0, 0.05) is 19.6 Å². The highest BCUT2D eigenvalue weighted by atomic mass is 79.9. The van der Waals surface area contributed by atoms with E-state index in [1.54, 1.807) is 0 Å². The molecule has 0 atom stereocenters. The summed E-state index contributed by atoms with van der Waals surface area (Å²) >= 11 is 3.62. The van der Waals surface area contributed by atoms with E-state index >= 15 is 0 Å². The quantitative estimate of drug-likeness (QED) is 0.897. The number of hydrogen-bond donors (Lipinski definition) is 1. The molecule has 1 fully saturated rings.